The van der Waals surface area contributed by atoms with Gasteiger partial charge in [0.05, 0.1) is 26.4 Å². The lowest BCUT2D eigenvalue weighted by atomic mass is 10.0. The Morgan fingerprint density at radius 1 is 1.23 bits per heavy atom. The fourth-order valence-corrected chi connectivity index (χ4v) is 3.74. The van der Waals surface area contributed by atoms with Crippen LogP contribution in [0.3, 0.4) is 0 Å². The Balaban J connectivity index is 1.64. The molecule has 1 aliphatic rings. The van der Waals surface area contributed by atoms with E-state index in [1.165, 1.54) is 5.56 Å². The van der Waals surface area contributed by atoms with Crippen LogP contribution < -0.4 is 15.4 Å². The van der Waals surface area contributed by atoms with E-state index in [9.17, 15) is 0 Å². The second-order valence-electron chi connectivity index (χ2n) is 7.87. The van der Waals surface area contributed by atoms with Gasteiger partial charge in [0, 0.05) is 51.7 Å². The van der Waals surface area contributed by atoms with Gasteiger partial charge in [-0.1, -0.05) is 19.1 Å². The maximum absolute atomic E-state index is 5.57. The van der Waals surface area contributed by atoms with E-state index in [-0.39, 0.29) is 6.04 Å². The first-order valence-electron chi connectivity index (χ1n) is 11.1. The highest BCUT2D eigenvalue weighted by molar-refractivity contribution is 5.79. The van der Waals surface area contributed by atoms with Crippen LogP contribution in [-0.4, -0.2) is 73.7 Å². The highest BCUT2D eigenvalue weighted by Gasteiger charge is 2.23. The van der Waals surface area contributed by atoms with Crippen LogP contribution in [-0.2, 0) is 11.3 Å². The van der Waals surface area contributed by atoms with Gasteiger partial charge < -0.3 is 20.1 Å². The molecule has 2 aromatic rings. The zero-order valence-corrected chi connectivity index (χ0v) is 19.0. The molecule has 0 radical (unpaired) electrons. The van der Waals surface area contributed by atoms with Gasteiger partial charge in [-0.05, 0) is 36.6 Å². The van der Waals surface area contributed by atoms with Crippen molar-refractivity contribution in [1.29, 1.82) is 0 Å². The molecule has 8 heteroatoms. The molecule has 0 amide bonds. The van der Waals surface area contributed by atoms with E-state index in [2.05, 4.69) is 46.6 Å². The topological polar surface area (TPSA) is 75.9 Å². The summed E-state index contributed by atoms with van der Waals surface area (Å²) in [5, 5.41) is 11.2. The van der Waals surface area contributed by atoms with Crippen LogP contribution in [0.2, 0.25) is 0 Å². The predicted octanol–water partition coefficient (Wildman–Crippen LogP) is 2.16. The molecule has 0 spiro atoms. The van der Waals surface area contributed by atoms with Gasteiger partial charge in [0.2, 0.25) is 0 Å². The summed E-state index contributed by atoms with van der Waals surface area (Å²) in [6.45, 7) is 10.9. The lowest BCUT2D eigenvalue weighted by Gasteiger charge is -2.35. The van der Waals surface area contributed by atoms with Crippen LogP contribution in [0.25, 0.3) is 0 Å². The van der Waals surface area contributed by atoms with E-state index in [1.807, 2.05) is 35.3 Å². The SMILES string of the molecule is CCNC(=NCC(C)Cn1cccn1)NCC(c1ccc(OC)cc1)N1CCOCC1. The first kappa shape index (κ1) is 23.1. The molecular weight excluding hydrogens is 392 g/mol. The first-order valence-corrected chi connectivity index (χ1v) is 11.1. The maximum Gasteiger partial charge on any atom is 0.191 e. The van der Waals surface area contributed by atoms with Crippen molar-refractivity contribution in [1.82, 2.24) is 25.3 Å². The van der Waals surface area contributed by atoms with E-state index in [0.717, 1.165) is 64.2 Å². The van der Waals surface area contributed by atoms with Crippen LogP contribution in [0.4, 0.5) is 0 Å². The third kappa shape index (κ3) is 7.25. The minimum Gasteiger partial charge on any atom is -0.497 e. The van der Waals surface area contributed by atoms with Crippen LogP contribution in [0, 0.1) is 5.92 Å². The molecule has 2 atom stereocenters. The molecule has 1 saturated heterocycles. The molecule has 0 saturated carbocycles. The highest BCUT2D eigenvalue weighted by Crippen LogP contribution is 2.23. The zero-order chi connectivity index (χ0) is 21.9. The number of methoxy groups -OCH3 is 1. The number of morpholine rings is 1. The fraction of sp³-hybridized carbons (Fsp3) is 0.565. The lowest BCUT2D eigenvalue weighted by Crippen LogP contribution is -2.46. The second-order valence-corrected chi connectivity index (χ2v) is 7.87. The number of rotatable bonds is 10. The van der Waals surface area contributed by atoms with Gasteiger partial charge in [0.25, 0.3) is 0 Å². The number of hydrogen-bond acceptors (Lipinski definition) is 5. The smallest absolute Gasteiger partial charge is 0.191 e. The Labute approximate surface area is 185 Å². The Bertz CT molecular complexity index is 772. The van der Waals surface area contributed by atoms with Crippen molar-refractivity contribution in [3.8, 4) is 5.75 Å². The molecule has 2 unspecified atom stereocenters. The summed E-state index contributed by atoms with van der Waals surface area (Å²) in [6, 6.07) is 10.5. The average Bonchev–Trinajstić information content (AvgIpc) is 3.31. The Morgan fingerprint density at radius 2 is 2.00 bits per heavy atom. The largest absolute Gasteiger partial charge is 0.497 e. The summed E-state index contributed by atoms with van der Waals surface area (Å²) >= 11 is 0. The minimum absolute atomic E-state index is 0.236. The number of nitrogens with one attached hydrogen (secondary N) is 2. The normalized spacial score (nSPS) is 17.2. The molecule has 1 aromatic carbocycles. The predicted molar refractivity (Wildman–Crippen MR) is 123 cm³/mol. The van der Waals surface area contributed by atoms with Crippen molar-refractivity contribution in [3.05, 3.63) is 48.3 Å². The van der Waals surface area contributed by atoms with Crippen LogP contribution in [0.5, 0.6) is 5.75 Å². The highest BCUT2D eigenvalue weighted by atomic mass is 16.5. The summed E-state index contributed by atoms with van der Waals surface area (Å²) < 4.78 is 12.9. The fourth-order valence-electron chi connectivity index (χ4n) is 3.74. The molecule has 3 rings (SSSR count). The third-order valence-electron chi connectivity index (χ3n) is 5.41. The molecular formula is C23H36N6O2. The molecule has 2 N–H and O–H groups in total. The molecule has 1 aromatic heterocycles. The van der Waals surface area contributed by atoms with Crippen molar-refractivity contribution in [2.75, 3.05) is 53.0 Å². The quantitative estimate of drug-likeness (QED) is 0.446. The number of guanidine groups is 1. The molecule has 2 heterocycles. The Kier molecular flexibility index (Phi) is 9.17. The van der Waals surface area contributed by atoms with Gasteiger partial charge >= 0.3 is 0 Å². The lowest BCUT2D eigenvalue weighted by molar-refractivity contribution is 0.0170. The van der Waals surface area contributed by atoms with Gasteiger partial charge in [-0.3, -0.25) is 14.6 Å². The van der Waals surface area contributed by atoms with E-state index >= 15 is 0 Å². The molecule has 31 heavy (non-hydrogen) atoms. The molecule has 170 valence electrons. The van der Waals surface area contributed by atoms with E-state index in [0.29, 0.717) is 5.92 Å². The van der Waals surface area contributed by atoms with Gasteiger partial charge in [-0.2, -0.15) is 5.10 Å². The maximum atomic E-state index is 5.57. The third-order valence-corrected chi connectivity index (χ3v) is 5.41. The Hall–Kier alpha value is -2.58. The minimum atomic E-state index is 0.236. The monoisotopic (exact) mass is 428 g/mol. The summed E-state index contributed by atoms with van der Waals surface area (Å²) in [4.78, 5) is 7.30. The van der Waals surface area contributed by atoms with Gasteiger partial charge in [-0.25, -0.2) is 0 Å². The number of ether oxygens (including phenoxy) is 2. The van der Waals surface area contributed by atoms with Gasteiger partial charge in [-0.15, -0.1) is 0 Å². The molecule has 0 aliphatic carbocycles. The van der Waals surface area contributed by atoms with Crippen LogP contribution >= 0.6 is 0 Å². The number of nitrogens with zero attached hydrogens (tertiary/aromatic N) is 4. The molecule has 1 fully saturated rings. The summed E-state index contributed by atoms with van der Waals surface area (Å²) in [6.07, 6.45) is 3.80. The van der Waals surface area contributed by atoms with Gasteiger partial charge in [0.1, 0.15) is 5.75 Å². The molecule has 1 aliphatic heterocycles. The van der Waals surface area contributed by atoms with E-state index in [4.69, 9.17) is 14.5 Å². The van der Waals surface area contributed by atoms with E-state index in [1.54, 1.807) is 7.11 Å². The van der Waals surface area contributed by atoms with Crippen molar-refractivity contribution in [2.24, 2.45) is 10.9 Å². The Morgan fingerprint density at radius 3 is 2.65 bits per heavy atom. The molecule has 0 bridgehead atoms. The number of aromatic nitrogens is 2. The second kappa shape index (κ2) is 12.3. The van der Waals surface area contributed by atoms with Gasteiger partial charge in [0.15, 0.2) is 5.96 Å². The van der Waals surface area contributed by atoms with E-state index < -0.39 is 0 Å². The zero-order valence-electron chi connectivity index (χ0n) is 19.0. The standard InChI is InChI=1S/C23H36N6O2/c1-4-24-23(25-16-19(2)18-29-11-5-10-27-29)26-17-22(28-12-14-31-15-13-28)20-6-8-21(30-3)9-7-20/h5-11,19,22H,4,12-18H2,1-3H3,(H2,24,25,26). The average molecular weight is 429 g/mol. The van der Waals surface area contributed by atoms with Crippen molar-refractivity contribution >= 4 is 5.96 Å². The van der Waals surface area contributed by atoms with Crippen molar-refractivity contribution in [2.45, 2.75) is 26.4 Å². The number of aliphatic imine (C=N–C) groups is 1. The summed E-state index contributed by atoms with van der Waals surface area (Å²) in [5.41, 5.74) is 1.26. The van der Waals surface area contributed by atoms with Crippen LogP contribution in [0.1, 0.15) is 25.5 Å². The summed E-state index contributed by atoms with van der Waals surface area (Å²) in [5.74, 6) is 2.12. The van der Waals surface area contributed by atoms with Crippen molar-refractivity contribution in [3.63, 3.8) is 0 Å². The van der Waals surface area contributed by atoms with Crippen molar-refractivity contribution < 1.29 is 9.47 Å². The van der Waals surface area contributed by atoms with Crippen LogP contribution in [0.15, 0.2) is 47.7 Å². The number of hydrogen-bond donors (Lipinski definition) is 2. The first-order chi connectivity index (χ1) is 15.2. The number of benzene rings is 1. The molecule has 8 nitrogen and oxygen atoms in total. The summed E-state index contributed by atoms with van der Waals surface area (Å²) in [7, 11) is 1.70.